The van der Waals surface area contributed by atoms with Crippen LogP contribution in [0.3, 0.4) is 0 Å². The summed E-state index contributed by atoms with van der Waals surface area (Å²) in [4.78, 5) is 0. The molecule has 0 saturated heterocycles. The predicted octanol–water partition coefficient (Wildman–Crippen LogP) is 5.16. The summed E-state index contributed by atoms with van der Waals surface area (Å²) < 4.78 is 5.78. The predicted molar refractivity (Wildman–Crippen MR) is 80.2 cm³/mol. The van der Waals surface area contributed by atoms with Gasteiger partial charge < -0.3 is 4.74 Å². The van der Waals surface area contributed by atoms with Crippen molar-refractivity contribution in [3.05, 3.63) is 71.2 Å². The van der Waals surface area contributed by atoms with Crippen molar-refractivity contribution in [2.75, 3.05) is 0 Å². The molecule has 2 nitrogen and oxygen atoms in total. The van der Waals surface area contributed by atoms with Crippen molar-refractivity contribution in [3.8, 4) is 17.6 Å². The molecule has 3 rings (SSSR count). The number of halogens is 1. The van der Waals surface area contributed by atoms with Gasteiger partial charge in [-0.2, -0.15) is 5.26 Å². The number of ether oxygens (including phenoxy) is 1. The first-order chi connectivity index (χ1) is 9.76. The van der Waals surface area contributed by atoms with Gasteiger partial charge in [-0.3, -0.25) is 0 Å². The Morgan fingerprint density at radius 1 is 0.900 bits per heavy atom. The summed E-state index contributed by atoms with van der Waals surface area (Å²) in [6.45, 7) is 0. The Morgan fingerprint density at radius 3 is 2.50 bits per heavy atom. The largest absolute Gasteiger partial charge is 0.456 e. The molecule has 20 heavy (non-hydrogen) atoms. The van der Waals surface area contributed by atoms with Crippen LogP contribution in [0.1, 0.15) is 5.56 Å². The molecule has 0 saturated carbocycles. The SMILES string of the molecule is N#Cc1ccc(Cl)cc1Oc1ccc2ccccc2c1. The first kappa shape index (κ1) is 12.5. The van der Waals surface area contributed by atoms with E-state index in [-0.39, 0.29) is 0 Å². The smallest absolute Gasteiger partial charge is 0.146 e. The van der Waals surface area contributed by atoms with Gasteiger partial charge in [0, 0.05) is 11.1 Å². The van der Waals surface area contributed by atoms with Gasteiger partial charge in [-0.25, -0.2) is 0 Å². The fraction of sp³-hybridized carbons (Fsp3) is 0. The fourth-order valence-electron chi connectivity index (χ4n) is 2.03. The highest BCUT2D eigenvalue weighted by Crippen LogP contribution is 2.29. The Kier molecular flexibility index (Phi) is 3.28. The van der Waals surface area contributed by atoms with Crippen LogP contribution in [-0.4, -0.2) is 0 Å². The van der Waals surface area contributed by atoms with E-state index in [1.165, 1.54) is 0 Å². The van der Waals surface area contributed by atoms with Gasteiger partial charge in [0.25, 0.3) is 0 Å². The molecule has 0 bridgehead atoms. The Hall–Kier alpha value is -2.50. The molecule has 0 aliphatic carbocycles. The average Bonchev–Trinajstić information content (AvgIpc) is 2.47. The molecule has 0 N–H and O–H groups in total. The summed E-state index contributed by atoms with van der Waals surface area (Å²) in [5, 5.41) is 11.9. The number of rotatable bonds is 2. The van der Waals surface area contributed by atoms with Crippen LogP contribution in [-0.2, 0) is 0 Å². The van der Waals surface area contributed by atoms with Crippen LogP contribution >= 0.6 is 11.6 Å². The first-order valence-corrected chi connectivity index (χ1v) is 6.50. The number of hydrogen-bond donors (Lipinski definition) is 0. The topological polar surface area (TPSA) is 33.0 Å². The van der Waals surface area contributed by atoms with Crippen LogP contribution in [0.2, 0.25) is 5.02 Å². The molecule has 0 aromatic heterocycles. The summed E-state index contributed by atoms with van der Waals surface area (Å²) in [6.07, 6.45) is 0. The van der Waals surface area contributed by atoms with E-state index in [0.29, 0.717) is 22.1 Å². The van der Waals surface area contributed by atoms with E-state index in [0.717, 1.165) is 10.8 Å². The third-order valence-electron chi connectivity index (χ3n) is 3.01. The van der Waals surface area contributed by atoms with Crippen molar-refractivity contribution in [1.82, 2.24) is 0 Å². The lowest BCUT2D eigenvalue weighted by Crippen LogP contribution is -1.88. The van der Waals surface area contributed by atoms with Crippen LogP contribution in [0.4, 0.5) is 0 Å². The third-order valence-corrected chi connectivity index (χ3v) is 3.25. The Morgan fingerprint density at radius 2 is 1.70 bits per heavy atom. The molecule has 3 aromatic carbocycles. The van der Waals surface area contributed by atoms with E-state index in [4.69, 9.17) is 21.6 Å². The second-order valence-electron chi connectivity index (χ2n) is 4.36. The van der Waals surface area contributed by atoms with E-state index in [1.807, 2.05) is 42.5 Å². The zero-order chi connectivity index (χ0) is 13.9. The lowest BCUT2D eigenvalue weighted by molar-refractivity contribution is 0.482. The molecule has 0 heterocycles. The minimum Gasteiger partial charge on any atom is -0.456 e. The van der Waals surface area contributed by atoms with E-state index in [1.54, 1.807) is 18.2 Å². The number of hydrogen-bond acceptors (Lipinski definition) is 2. The average molecular weight is 280 g/mol. The van der Waals surface area contributed by atoms with Gasteiger partial charge in [-0.15, -0.1) is 0 Å². The van der Waals surface area contributed by atoms with E-state index < -0.39 is 0 Å². The van der Waals surface area contributed by atoms with Crippen LogP contribution < -0.4 is 4.74 Å². The van der Waals surface area contributed by atoms with Gasteiger partial charge in [0.1, 0.15) is 17.6 Å². The van der Waals surface area contributed by atoms with Gasteiger partial charge in [0.2, 0.25) is 0 Å². The number of fused-ring (bicyclic) bond motifs is 1. The molecule has 0 radical (unpaired) electrons. The van der Waals surface area contributed by atoms with E-state index in [2.05, 4.69) is 6.07 Å². The van der Waals surface area contributed by atoms with Gasteiger partial charge in [0.15, 0.2) is 0 Å². The highest BCUT2D eigenvalue weighted by atomic mass is 35.5. The highest BCUT2D eigenvalue weighted by Gasteiger charge is 2.06. The molecule has 3 heteroatoms. The fourth-order valence-corrected chi connectivity index (χ4v) is 2.19. The van der Waals surface area contributed by atoms with Crippen molar-refractivity contribution in [3.63, 3.8) is 0 Å². The summed E-state index contributed by atoms with van der Waals surface area (Å²) >= 11 is 5.95. The molecule has 0 amide bonds. The molecular weight excluding hydrogens is 270 g/mol. The maximum absolute atomic E-state index is 9.09. The molecular formula is C17H10ClNO. The zero-order valence-corrected chi connectivity index (χ0v) is 11.3. The quantitative estimate of drug-likeness (QED) is 0.649. The maximum atomic E-state index is 9.09. The standard InChI is InChI=1S/C17H10ClNO/c18-15-7-5-14(11-19)17(10-15)20-16-8-6-12-3-1-2-4-13(12)9-16/h1-10H. The van der Waals surface area contributed by atoms with Gasteiger partial charge in [-0.05, 0) is 35.0 Å². The first-order valence-electron chi connectivity index (χ1n) is 6.12. The van der Waals surface area contributed by atoms with Crippen molar-refractivity contribution < 1.29 is 4.74 Å². The van der Waals surface area contributed by atoms with Crippen molar-refractivity contribution >= 4 is 22.4 Å². The monoisotopic (exact) mass is 279 g/mol. The molecule has 96 valence electrons. The molecule has 0 unspecified atom stereocenters. The Balaban J connectivity index is 2.01. The maximum Gasteiger partial charge on any atom is 0.146 e. The van der Waals surface area contributed by atoms with Crippen LogP contribution in [0, 0.1) is 11.3 Å². The summed E-state index contributed by atoms with van der Waals surface area (Å²) in [5.74, 6) is 1.15. The van der Waals surface area contributed by atoms with Gasteiger partial charge in [-0.1, -0.05) is 41.9 Å². The molecule has 3 aromatic rings. The number of nitrogens with zero attached hydrogens (tertiary/aromatic N) is 1. The molecule has 0 atom stereocenters. The minimum atomic E-state index is 0.461. The lowest BCUT2D eigenvalue weighted by atomic mass is 10.1. The summed E-state index contributed by atoms with van der Waals surface area (Å²) in [5.41, 5.74) is 0.461. The van der Waals surface area contributed by atoms with Crippen LogP contribution in [0.15, 0.2) is 60.7 Å². The second kappa shape index (κ2) is 5.24. The molecule has 0 aliphatic rings. The third kappa shape index (κ3) is 2.45. The summed E-state index contributed by atoms with van der Waals surface area (Å²) in [7, 11) is 0. The molecule has 0 spiro atoms. The van der Waals surface area contributed by atoms with Crippen molar-refractivity contribution in [2.24, 2.45) is 0 Å². The molecule has 0 aliphatic heterocycles. The molecule has 0 fully saturated rings. The minimum absolute atomic E-state index is 0.461. The number of benzene rings is 3. The van der Waals surface area contributed by atoms with E-state index >= 15 is 0 Å². The lowest BCUT2D eigenvalue weighted by Gasteiger charge is -2.08. The van der Waals surface area contributed by atoms with Crippen molar-refractivity contribution in [1.29, 1.82) is 5.26 Å². The van der Waals surface area contributed by atoms with Gasteiger partial charge >= 0.3 is 0 Å². The summed E-state index contributed by atoms with van der Waals surface area (Å²) in [6, 6.07) is 20.9. The normalized spacial score (nSPS) is 10.2. The Bertz CT molecular complexity index is 821. The van der Waals surface area contributed by atoms with E-state index in [9.17, 15) is 0 Å². The highest BCUT2D eigenvalue weighted by molar-refractivity contribution is 6.30. The second-order valence-corrected chi connectivity index (χ2v) is 4.80. The van der Waals surface area contributed by atoms with Gasteiger partial charge in [0.05, 0.1) is 5.56 Å². The van der Waals surface area contributed by atoms with Crippen molar-refractivity contribution in [2.45, 2.75) is 0 Å². The van der Waals surface area contributed by atoms with Crippen LogP contribution in [0.25, 0.3) is 10.8 Å². The Labute approximate surface area is 121 Å². The number of nitriles is 1. The van der Waals surface area contributed by atoms with Crippen LogP contribution in [0.5, 0.6) is 11.5 Å². The zero-order valence-electron chi connectivity index (χ0n) is 10.5.